The van der Waals surface area contributed by atoms with Gasteiger partial charge in [0, 0.05) is 18.0 Å². The molecular formula is C22H27N3O2S. The molecule has 0 amide bonds. The molecule has 4 rings (SSSR count). The average Bonchev–Trinajstić information content (AvgIpc) is 3.21. The summed E-state index contributed by atoms with van der Waals surface area (Å²) < 4.78 is 11.7. The van der Waals surface area contributed by atoms with Crippen LogP contribution in [0.2, 0.25) is 0 Å². The van der Waals surface area contributed by atoms with Gasteiger partial charge in [-0.3, -0.25) is 9.98 Å². The van der Waals surface area contributed by atoms with E-state index in [-0.39, 0.29) is 12.1 Å². The van der Waals surface area contributed by atoms with E-state index in [0.29, 0.717) is 18.5 Å². The Balaban J connectivity index is 1.79. The molecule has 0 saturated carbocycles. The van der Waals surface area contributed by atoms with Crippen LogP contribution in [0, 0.1) is 6.92 Å². The van der Waals surface area contributed by atoms with Gasteiger partial charge in [0.2, 0.25) is 0 Å². The molecule has 0 N–H and O–H groups in total. The Kier molecular flexibility index (Phi) is 5.49. The smallest absolute Gasteiger partial charge is 0.161 e. The van der Waals surface area contributed by atoms with Crippen LogP contribution in [0.15, 0.2) is 41.5 Å². The van der Waals surface area contributed by atoms with E-state index in [2.05, 4.69) is 41.9 Å². The molecule has 6 heteroatoms. The predicted octanol–water partition coefficient (Wildman–Crippen LogP) is 4.78. The number of aromatic nitrogens is 1. The molecule has 2 aromatic rings. The number of hydrogen-bond donors (Lipinski definition) is 0. The first-order chi connectivity index (χ1) is 13.6. The standard InChI is InChI=1S/C22H27N3O2S/c1-5-26-18-11-14(3)16(12-19(18)27-6-2)21-20(17-9-7-8-10-23-17)24-22-25(21)13-15(4)28-22/h7-12,15,20-21H,5-6,13H2,1-4H3/t15-,20-,21+/m0/s1. The van der Waals surface area contributed by atoms with Crippen LogP contribution in [-0.4, -0.2) is 40.1 Å². The molecule has 28 heavy (non-hydrogen) atoms. The Morgan fingerprint density at radius 3 is 2.57 bits per heavy atom. The van der Waals surface area contributed by atoms with Crippen LogP contribution >= 0.6 is 11.8 Å². The fourth-order valence-electron chi connectivity index (χ4n) is 3.99. The van der Waals surface area contributed by atoms with Gasteiger partial charge in [-0.25, -0.2) is 0 Å². The van der Waals surface area contributed by atoms with Crippen LogP contribution in [0.1, 0.15) is 49.7 Å². The molecule has 1 aromatic carbocycles. The molecule has 0 spiro atoms. The molecule has 0 unspecified atom stereocenters. The quantitative estimate of drug-likeness (QED) is 0.702. The Labute approximate surface area is 171 Å². The topological polar surface area (TPSA) is 47.0 Å². The summed E-state index contributed by atoms with van der Waals surface area (Å²) in [7, 11) is 0. The van der Waals surface area contributed by atoms with Gasteiger partial charge in [-0.1, -0.05) is 24.8 Å². The van der Waals surface area contributed by atoms with Gasteiger partial charge in [0.05, 0.1) is 24.9 Å². The molecule has 0 aliphatic carbocycles. The molecule has 5 nitrogen and oxygen atoms in total. The number of aryl methyl sites for hydroxylation is 1. The fourth-order valence-corrected chi connectivity index (χ4v) is 5.08. The lowest BCUT2D eigenvalue weighted by molar-refractivity contribution is 0.283. The van der Waals surface area contributed by atoms with Crippen molar-refractivity contribution in [3.63, 3.8) is 0 Å². The molecule has 0 radical (unpaired) electrons. The van der Waals surface area contributed by atoms with Crippen molar-refractivity contribution in [2.45, 2.75) is 45.0 Å². The minimum absolute atomic E-state index is 0.0117. The number of fused-ring (bicyclic) bond motifs is 1. The second-order valence-corrected chi connectivity index (χ2v) is 8.56. The number of aliphatic imine (C=N–C) groups is 1. The van der Waals surface area contributed by atoms with E-state index in [1.807, 2.05) is 43.9 Å². The second kappa shape index (κ2) is 8.03. The van der Waals surface area contributed by atoms with E-state index in [9.17, 15) is 0 Å². The van der Waals surface area contributed by atoms with E-state index in [1.165, 1.54) is 11.1 Å². The highest BCUT2D eigenvalue weighted by Gasteiger charge is 2.44. The van der Waals surface area contributed by atoms with Crippen molar-refractivity contribution >= 4 is 16.9 Å². The number of ether oxygens (including phenoxy) is 2. The molecule has 2 aliphatic heterocycles. The largest absolute Gasteiger partial charge is 0.490 e. The molecule has 3 heterocycles. The first kappa shape index (κ1) is 19.1. The summed E-state index contributed by atoms with van der Waals surface area (Å²) >= 11 is 1.86. The molecule has 1 aromatic heterocycles. The lowest BCUT2D eigenvalue weighted by Crippen LogP contribution is -2.29. The molecule has 1 saturated heterocycles. The molecule has 148 valence electrons. The van der Waals surface area contributed by atoms with Crippen molar-refractivity contribution in [1.29, 1.82) is 0 Å². The maximum absolute atomic E-state index is 5.92. The zero-order chi connectivity index (χ0) is 19.7. The Bertz CT molecular complexity index is 872. The summed E-state index contributed by atoms with van der Waals surface area (Å²) in [6.07, 6.45) is 1.85. The minimum Gasteiger partial charge on any atom is -0.490 e. The van der Waals surface area contributed by atoms with Crippen LogP contribution in [-0.2, 0) is 0 Å². The number of thioether (sulfide) groups is 1. The summed E-state index contributed by atoms with van der Waals surface area (Å²) in [5, 5.41) is 1.67. The number of rotatable bonds is 6. The monoisotopic (exact) mass is 397 g/mol. The van der Waals surface area contributed by atoms with E-state index in [4.69, 9.17) is 14.5 Å². The van der Waals surface area contributed by atoms with Gasteiger partial charge in [0.15, 0.2) is 16.7 Å². The van der Waals surface area contributed by atoms with Crippen molar-refractivity contribution in [3.8, 4) is 11.5 Å². The third kappa shape index (κ3) is 3.46. The normalized spacial score (nSPS) is 23.5. The van der Waals surface area contributed by atoms with Crippen LogP contribution in [0.25, 0.3) is 0 Å². The Morgan fingerprint density at radius 1 is 1.14 bits per heavy atom. The van der Waals surface area contributed by atoms with Crippen LogP contribution < -0.4 is 9.47 Å². The minimum atomic E-state index is -0.0117. The number of benzene rings is 1. The van der Waals surface area contributed by atoms with Crippen LogP contribution in [0.5, 0.6) is 11.5 Å². The van der Waals surface area contributed by atoms with Gasteiger partial charge in [0.25, 0.3) is 0 Å². The average molecular weight is 398 g/mol. The number of hydrogen-bond acceptors (Lipinski definition) is 6. The maximum atomic E-state index is 5.92. The predicted molar refractivity (Wildman–Crippen MR) is 114 cm³/mol. The van der Waals surface area contributed by atoms with Crippen molar-refractivity contribution in [2.75, 3.05) is 19.8 Å². The van der Waals surface area contributed by atoms with E-state index < -0.39 is 0 Å². The highest BCUT2D eigenvalue weighted by Crippen LogP contribution is 2.49. The molecule has 3 atom stereocenters. The summed E-state index contributed by atoms with van der Waals surface area (Å²) in [6.45, 7) is 10.6. The highest BCUT2D eigenvalue weighted by molar-refractivity contribution is 8.14. The number of pyridine rings is 1. The third-order valence-corrected chi connectivity index (χ3v) is 6.23. The van der Waals surface area contributed by atoms with Crippen molar-refractivity contribution in [2.24, 2.45) is 4.99 Å². The molecule has 0 bridgehead atoms. The zero-order valence-corrected chi connectivity index (χ0v) is 17.7. The van der Waals surface area contributed by atoms with Crippen LogP contribution in [0.4, 0.5) is 0 Å². The number of amidine groups is 1. The zero-order valence-electron chi connectivity index (χ0n) is 16.9. The van der Waals surface area contributed by atoms with Crippen molar-refractivity contribution < 1.29 is 9.47 Å². The first-order valence-corrected chi connectivity index (χ1v) is 10.8. The SMILES string of the molecule is CCOc1cc(C)c([C@@H]2[C@H](c3ccccn3)N=C3S[C@@H](C)CN32)cc1OCC. The van der Waals surface area contributed by atoms with Gasteiger partial charge in [-0.05, 0) is 56.2 Å². The summed E-state index contributed by atoms with van der Waals surface area (Å²) in [5.74, 6) is 1.61. The van der Waals surface area contributed by atoms with Crippen molar-refractivity contribution in [3.05, 3.63) is 53.3 Å². The van der Waals surface area contributed by atoms with Gasteiger partial charge in [-0.15, -0.1) is 0 Å². The maximum Gasteiger partial charge on any atom is 0.161 e. The molecule has 1 fully saturated rings. The van der Waals surface area contributed by atoms with Crippen LogP contribution in [0.3, 0.4) is 0 Å². The fraction of sp³-hybridized carbons (Fsp3) is 0.455. The van der Waals surface area contributed by atoms with E-state index >= 15 is 0 Å². The third-order valence-electron chi connectivity index (χ3n) is 5.13. The lowest BCUT2D eigenvalue weighted by atomic mass is 9.92. The Morgan fingerprint density at radius 2 is 1.89 bits per heavy atom. The number of nitrogens with zero attached hydrogens (tertiary/aromatic N) is 3. The van der Waals surface area contributed by atoms with Gasteiger partial charge < -0.3 is 14.4 Å². The van der Waals surface area contributed by atoms with Gasteiger partial charge in [0.1, 0.15) is 6.04 Å². The van der Waals surface area contributed by atoms with E-state index in [1.54, 1.807) is 0 Å². The molecular weight excluding hydrogens is 370 g/mol. The van der Waals surface area contributed by atoms with Gasteiger partial charge in [-0.2, -0.15) is 0 Å². The Hall–Kier alpha value is -2.21. The lowest BCUT2D eigenvalue weighted by Gasteiger charge is -2.29. The second-order valence-electron chi connectivity index (χ2n) is 7.16. The van der Waals surface area contributed by atoms with Gasteiger partial charge >= 0.3 is 0 Å². The van der Waals surface area contributed by atoms with E-state index in [0.717, 1.165) is 28.9 Å². The summed E-state index contributed by atoms with van der Waals surface area (Å²) in [4.78, 5) is 12.1. The van der Waals surface area contributed by atoms with Crippen molar-refractivity contribution in [1.82, 2.24) is 9.88 Å². The first-order valence-electron chi connectivity index (χ1n) is 9.94. The highest BCUT2D eigenvalue weighted by atomic mass is 32.2. The summed E-state index contributed by atoms with van der Waals surface area (Å²) in [5.41, 5.74) is 3.43. The molecule has 2 aliphatic rings. The summed E-state index contributed by atoms with van der Waals surface area (Å²) in [6, 6.07) is 10.4.